The van der Waals surface area contributed by atoms with E-state index in [0.29, 0.717) is 5.02 Å². The van der Waals surface area contributed by atoms with Crippen LogP contribution in [0, 0.1) is 5.41 Å². The molecular formula is C13H10ClN3O4. The fraction of sp³-hybridized carbons (Fsp3) is 0. The zero-order valence-electron chi connectivity index (χ0n) is 10.5. The molecule has 0 unspecified atom stereocenters. The van der Waals surface area contributed by atoms with Gasteiger partial charge in [0.05, 0.1) is 11.4 Å². The van der Waals surface area contributed by atoms with Gasteiger partial charge >= 0.3 is 0 Å². The van der Waals surface area contributed by atoms with Crippen LogP contribution in [0.2, 0.25) is 5.02 Å². The molecule has 0 bridgehead atoms. The Morgan fingerprint density at radius 3 is 2.62 bits per heavy atom. The normalized spacial score (nSPS) is 15.0. The van der Waals surface area contributed by atoms with Gasteiger partial charge in [-0.2, -0.15) is 0 Å². The summed E-state index contributed by atoms with van der Waals surface area (Å²) >= 11 is 5.78. The van der Waals surface area contributed by atoms with Gasteiger partial charge in [0, 0.05) is 11.1 Å². The maximum absolute atomic E-state index is 11.6. The molecule has 0 fully saturated rings. The highest BCUT2D eigenvalue weighted by atomic mass is 35.5. The summed E-state index contributed by atoms with van der Waals surface area (Å²) in [5, 5.41) is 30.0. The number of amides is 1. The van der Waals surface area contributed by atoms with Crippen molar-refractivity contribution in [3.63, 3.8) is 0 Å². The number of nitrogens with one attached hydrogen (secondary N) is 2. The van der Waals surface area contributed by atoms with E-state index >= 15 is 0 Å². The number of nitrogens with two attached hydrogens (primary N) is 1. The number of rotatable bonds is 3. The molecule has 0 saturated heterocycles. The number of benzene rings is 1. The summed E-state index contributed by atoms with van der Waals surface area (Å²) in [6, 6.07) is 4.12. The topological polar surface area (TPSA) is 136 Å². The summed E-state index contributed by atoms with van der Waals surface area (Å²) in [4.78, 5) is 22.9. The number of ketones is 1. The third kappa shape index (κ3) is 2.72. The van der Waals surface area contributed by atoms with Gasteiger partial charge in [-0.05, 0) is 18.2 Å². The highest BCUT2D eigenvalue weighted by molar-refractivity contribution is 6.54. The molecule has 0 spiro atoms. The average molecular weight is 308 g/mol. The van der Waals surface area contributed by atoms with Crippen molar-refractivity contribution >= 4 is 34.7 Å². The monoisotopic (exact) mass is 307 g/mol. The molecule has 6 N–H and O–H groups in total. The van der Waals surface area contributed by atoms with Crippen LogP contribution in [0.5, 0.6) is 5.75 Å². The summed E-state index contributed by atoms with van der Waals surface area (Å²) in [5.74, 6) is -2.73. The Morgan fingerprint density at radius 2 is 2.00 bits per heavy atom. The maximum atomic E-state index is 11.6. The van der Waals surface area contributed by atoms with Crippen molar-refractivity contribution in [2.45, 2.75) is 0 Å². The van der Waals surface area contributed by atoms with Gasteiger partial charge in [-0.15, -0.1) is 0 Å². The number of aliphatic hydroxyl groups excluding tert-OH is 1. The largest absolute Gasteiger partial charge is 0.506 e. The average Bonchev–Trinajstić information content (AvgIpc) is 2.40. The minimum Gasteiger partial charge on any atom is -0.506 e. The smallest absolute Gasteiger partial charge is 0.254 e. The molecule has 0 aromatic heterocycles. The van der Waals surface area contributed by atoms with Crippen molar-refractivity contribution in [2.24, 2.45) is 5.73 Å². The predicted octanol–water partition coefficient (Wildman–Crippen LogP) is 1.24. The molecular weight excluding hydrogens is 298 g/mol. The Hall–Kier alpha value is -2.80. The molecule has 1 aromatic rings. The molecule has 0 saturated carbocycles. The number of anilines is 1. The van der Waals surface area contributed by atoms with Crippen molar-refractivity contribution in [1.29, 1.82) is 5.41 Å². The summed E-state index contributed by atoms with van der Waals surface area (Å²) in [5.41, 5.74) is 3.71. The second kappa shape index (κ2) is 5.29. The fourth-order valence-electron chi connectivity index (χ4n) is 1.74. The molecule has 0 aliphatic heterocycles. The highest BCUT2D eigenvalue weighted by Gasteiger charge is 2.29. The molecule has 0 radical (unpaired) electrons. The number of primary amides is 1. The molecule has 21 heavy (non-hydrogen) atoms. The summed E-state index contributed by atoms with van der Waals surface area (Å²) in [6.07, 6.45) is 0.921. The first-order valence-corrected chi connectivity index (χ1v) is 6.03. The number of aliphatic hydroxyl groups is 1. The molecule has 1 aliphatic carbocycles. The number of hydrogen-bond acceptors (Lipinski definition) is 6. The first-order chi connectivity index (χ1) is 9.81. The van der Waals surface area contributed by atoms with Crippen LogP contribution in [0.15, 0.2) is 41.3 Å². The maximum Gasteiger partial charge on any atom is 0.254 e. The summed E-state index contributed by atoms with van der Waals surface area (Å²) < 4.78 is 0. The zero-order chi connectivity index (χ0) is 15.7. The molecule has 0 heterocycles. The van der Waals surface area contributed by atoms with E-state index in [9.17, 15) is 19.8 Å². The summed E-state index contributed by atoms with van der Waals surface area (Å²) in [7, 11) is 0. The second-order valence-corrected chi connectivity index (χ2v) is 4.61. The molecule has 1 aromatic carbocycles. The van der Waals surface area contributed by atoms with Crippen LogP contribution in [0.25, 0.3) is 0 Å². The minimum atomic E-state index is -1.10. The van der Waals surface area contributed by atoms with Crippen molar-refractivity contribution in [1.82, 2.24) is 0 Å². The third-order valence-corrected chi connectivity index (χ3v) is 2.97. The third-order valence-electron chi connectivity index (χ3n) is 2.74. The number of phenols is 1. The van der Waals surface area contributed by atoms with E-state index in [2.05, 4.69) is 5.32 Å². The van der Waals surface area contributed by atoms with Gasteiger partial charge < -0.3 is 21.3 Å². The van der Waals surface area contributed by atoms with E-state index in [1.165, 1.54) is 18.2 Å². The first-order valence-electron chi connectivity index (χ1n) is 5.65. The SMILES string of the molecule is N=C1C(=O)C=C(Nc2cc(Cl)ccc2O)C(O)=C1C(N)=O. The number of allylic oxidation sites excluding steroid dienone is 1. The Labute approximate surface area is 123 Å². The Balaban J connectivity index is 2.46. The molecule has 1 aliphatic rings. The summed E-state index contributed by atoms with van der Waals surface area (Å²) in [6.45, 7) is 0. The minimum absolute atomic E-state index is 0.116. The van der Waals surface area contributed by atoms with E-state index in [-0.39, 0.29) is 17.1 Å². The van der Waals surface area contributed by atoms with Crippen molar-refractivity contribution in [3.05, 3.63) is 46.3 Å². The van der Waals surface area contributed by atoms with Crippen molar-refractivity contribution < 1.29 is 19.8 Å². The quantitative estimate of drug-likeness (QED) is 0.422. The van der Waals surface area contributed by atoms with Crippen LogP contribution in [-0.2, 0) is 9.59 Å². The molecule has 2 rings (SSSR count). The van der Waals surface area contributed by atoms with Gasteiger partial charge in [0.15, 0.2) is 5.76 Å². The van der Waals surface area contributed by atoms with Crippen molar-refractivity contribution in [2.75, 3.05) is 5.32 Å². The number of aromatic hydroxyl groups is 1. The van der Waals surface area contributed by atoms with Crippen LogP contribution >= 0.6 is 11.6 Å². The standard InChI is InChI=1S/C13H10ClN3O4/c14-5-1-2-8(18)6(3-5)17-7-4-9(19)11(15)10(12(7)20)13(16)21/h1-4,15,17-18,20H,(H2,16,21). The fourth-order valence-corrected chi connectivity index (χ4v) is 1.91. The van der Waals surface area contributed by atoms with Crippen LogP contribution in [0.3, 0.4) is 0 Å². The van der Waals surface area contributed by atoms with Gasteiger partial charge in [-0.25, -0.2) is 0 Å². The number of hydrogen-bond donors (Lipinski definition) is 5. The highest BCUT2D eigenvalue weighted by Crippen LogP contribution is 2.30. The molecule has 108 valence electrons. The van der Waals surface area contributed by atoms with E-state index in [1.54, 1.807) is 0 Å². The van der Waals surface area contributed by atoms with Crippen LogP contribution in [-0.4, -0.2) is 27.6 Å². The van der Waals surface area contributed by atoms with Crippen LogP contribution in [0.1, 0.15) is 0 Å². The lowest BCUT2D eigenvalue weighted by Gasteiger charge is -2.18. The van der Waals surface area contributed by atoms with Gasteiger partial charge in [-0.1, -0.05) is 11.6 Å². The lowest BCUT2D eigenvalue weighted by Crippen LogP contribution is -2.31. The van der Waals surface area contributed by atoms with E-state index in [4.69, 9.17) is 22.7 Å². The lowest BCUT2D eigenvalue weighted by molar-refractivity contribution is -0.115. The Morgan fingerprint density at radius 1 is 1.33 bits per heavy atom. The molecule has 8 heteroatoms. The number of phenolic OH excluding ortho intramolecular Hbond substituents is 1. The lowest BCUT2D eigenvalue weighted by atomic mass is 9.97. The van der Waals surface area contributed by atoms with Crippen LogP contribution < -0.4 is 11.1 Å². The predicted molar refractivity (Wildman–Crippen MR) is 76.4 cm³/mol. The molecule has 1 amide bonds. The van der Waals surface area contributed by atoms with Gasteiger partial charge in [0.2, 0.25) is 5.78 Å². The Kier molecular flexibility index (Phi) is 3.68. The van der Waals surface area contributed by atoms with Gasteiger partial charge in [0.25, 0.3) is 5.91 Å². The van der Waals surface area contributed by atoms with E-state index < -0.39 is 28.7 Å². The van der Waals surface area contributed by atoms with Crippen LogP contribution in [0.4, 0.5) is 5.69 Å². The van der Waals surface area contributed by atoms with Gasteiger partial charge in [0.1, 0.15) is 17.0 Å². The van der Waals surface area contributed by atoms with E-state index in [0.717, 1.165) is 6.08 Å². The molecule has 7 nitrogen and oxygen atoms in total. The van der Waals surface area contributed by atoms with Crippen molar-refractivity contribution in [3.8, 4) is 5.75 Å². The number of carbonyl (C=O) groups excluding carboxylic acids is 2. The zero-order valence-corrected chi connectivity index (χ0v) is 11.2. The number of carbonyl (C=O) groups is 2. The second-order valence-electron chi connectivity index (χ2n) is 4.17. The number of halogens is 1. The first kappa shape index (κ1) is 14.6. The van der Waals surface area contributed by atoms with Gasteiger partial charge in [-0.3, -0.25) is 15.0 Å². The Bertz CT molecular complexity index is 737. The molecule has 0 atom stereocenters. The van der Waals surface area contributed by atoms with E-state index in [1.807, 2.05) is 0 Å².